The average molecular weight is 270 g/mol. The van der Waals surface area contributed by atoms with E-state index in [0.717, 1.165) is 10.9 Å². The molecule has 0 bridgehead atoms. The van der Waals surface area contributed by atoms with Crippen LogP contribution in [0.4, 0.5) is 0 Å². The van der Waals surface area contributed by atoms with Crippen molar-refractivity contribution in [3.63, 3.8) is 0 Å². The van der Waals surface area contributed by atoms with Crippen molar-refractivity contribution >= 4 is 16.8 Å². The minimum Gasteiger partial charge on any atom is -0.333 e. The molecule has 0 spiro atoms. The highest BCUT2D eigenvalue weighted by atomic mass is 16.2. The molecule has 1 aromatic heterocycles. The number of fused-ring (bicyclic) bond motifs is 1. The number of carbonyl (C=O) groups is 1. The van der Waals surface area contributed by atoms with Gasteiger partial charge < -0.3 is 10.6 Å². The molecule has 1 aliphatic carbocycles. The third-order valence-corrected chi connectivity index (χ3v) is 4.61. The molecule has 2 N–H and O–H groups in total. The van der Waals surface area contributed by atoms with E-state index in [1.807, 2.05) is 36.2 Å². The average Bonchev–Trinajstić information content (AvgIpc) is 3.21. The van der Waals surface area contributed by atoms with Gasteiger partial charge in [0, 0.05) is 25.5 Å². The molecule has 5 nitrogen and oxygen atoms in total. The van der Waals surface area contributed by atoms with E-state index in [1.54, 1.807) is 4.68 Å². The summed E-state index contributed by atoms with van der Waals surface area (Å²) in [4.78, 5) is 14.4. The lowest BCUT2D eigenvalue weighted by molar-refractivity contribution is 0.0346. The third kappa shape index (κ3) is 1.59. The summed E-state index contributed by atoms with van der Waals surface area (Å²) in [6, 6.07) is 7.83. The third-order valence-electron chi connectivity index (χ3n) is 4.61. The number of likely N-dealkylation sites (tertiary alicyclic amines) is 1. The van der Waals surface area contributed by atoms with Gasteiger partial charge in [-0.2, -0.15) is 5.10 Å². The van der Waals surface area contributed by atoms with Gasteiger partial charge >= 0.3 is 0 Å². The molecule has 1 aliphatic heterocycles. The molecule has 4 rings (SSSR count). The number of carbonyl (C=O) groups excluding carboxylic acids is 1. The first-order valence-corrected chi connectivity index (χ1v) is 7.08. The Labute approximate surface area is 117 Å². The van der Waals surface area contributed by atoms with Gasteiger partial charge in [0.05, 0.1) is 11.1 Å². The summed E-state index contributed by atoms with van der Waals surface area (Å²) >= 11 is 0. The molecule has 2 fully saturated rings. The van der Waals surface area contributed by atoms with Gasteiger partial charge in [0.15, 0.2) is 5.69 Å². The van der Waals surface area contributed by atoms with Crippen LogP contribution in [0.2, 0.25) is 0 Å². The van der Waals surface area contributed by atoms with Crippen molar-refractivity contribution in [2.75, 3.05) is 13.1 Å². The van der Waals surface area contributed by atoms with Crippen molar-refractivity contribution in [2.24, 2.45) is 18.7 Å². The van der Waals surface area contributed by atoms with Gasteiger partial charge in [-0.1, -0.05) is 18.2 Å². The molecule has 1 saturated carbocycles. The van der Waals surface area contributed by atoms with E-state index in [2.05, 4.69) is 5.10 Å². The van der Waals surface area contributed by atoms with Crippen LogP contribution in [0.3, 0.4) is 0 Å². The molecule has 1 aromatic carbocycles. The standard InChI is InChI=1S/C15H18N4O/c1-18-12-5-3-2-4-11(12)13(17-18)14(20)19-8-15(16,9-19)10-6-7-10/h2-5,10H,6-9,16H2,1H3. The lowest BCUT2D eigenvalue weighted by Gasteiger charge is -2.48. The second-order valence-corrected chi connectivity index (χ2v) is 6.16. The Morgan fingerprint density at radius 2 is 2.05 bits per heavy atom. The number of benzene rings is 1. The fraction of sp³-hybridized carbons (Fsp3) is 0.467. The Hall–Kier alpha value is -1.88. The topological polar surface area (TPSA) is 64.2 Å². The van der Waals surface area contributed by atoms with Gasteiger partial charge in [0.25, 0.3) is 5.91 Å². The summed E-state index contributed by atoms with van der Waals surface area (Å²) in [5.74, 6) is 0.621. The van der Waals surface area contributed by atoms with Gasteiger partial charge in [-0.05, 0) is 24.8 Å². The lowest BCUT2D eigenvalue weighted by Crippen LogP contribution is -2.69. The zero-order valence-electron chi connectivity index (χ0n) is 11.5. The Morgan fingerprint density at radius 1 is 1.35 bits per heavy atom. The molecule has 0 radical (unpaired) electrons. The molecule has 20 heavy (non-hydrogen) atoms. The summed E-state index contributed by atoms with van der Waals surface area (Å²) in [7, 11) is 1.87. The molecule has 1 saturated heterocycles. The van der Waals surface area contributed by atoms with Crippen molar-refractivity contribution < 1.29 is 4.79 Å². The maximum atomic E-state index is 12.6. The number of para-hydroxylation sites is 1. The van der Waals surface area contributed by atoms with Crippen LogP contribution in [0, 0.1) is 5.92 Å². The second kappa shape index (κ2) is 3.82. The molecule has 1 amide bonds. The van der Waals surface area contributed by atoms with E-state index in [-0.39, 0.29) is 11.4 Å². The van der Waals surface area contributed by atoms with Gasteiger partial charge in [-0.25, -0.2) is 0 Å². The lowest BCUT2D eigenvalue weighted by atomic mass is 9.85. The molecule has 0 atom stereocenters. The smallest absolute Gasteiger partial charge is 0.275 e. The Morgan fingerprint density at radius 3 is 2.75 bits per heavy atom. The second-order valence-electron chi connectivity index (χ2n) is 6.16. The van der Waals surface area contributed by atoms with Gasteiger partial charge in [0.1, 0.15) is 0 Å². The highest BCUT2D eigenvalue weighted by Crippen LogP contribution is 2.43. The molecule has 2 heterocycles. The molecule has 2 aliphatic rings. The minimum absolute atomic E-state index is 0.00326. The first kappa shape index (κ1) is 11.9. The predicted molar refractivity (Wildman–Crippen MR) is 76.3 cm³/mol. The molecule has 5 heteroatoms. The summed E-state index contributed by atoms with van der Waals surface area (Å²) in [6.45, 7) is 1.34. The van der Waals surface area contributed by atoms with E-state index >= 15 is 0 Å². The van der Waals surface area contributed by atoms with E-state index in [1.165, 1.54) is 12.8 Å². The van der Waals surface area contributed by atoms with Crippen LogP contribution < -0.4 is 5.73 Å². The number of nitrogens with zero attached hydrogens (tertiary/aromatic N) is 3. The van der Waals surface area contributed by atoms with Crippen molar-refractivity contribution in [1.82, 2.24) is 14.7 Å². The van der Waals surface area contributed by atoms with Gasteiger partial charge in [0.2, 0.25) is 0 Å². The highest BCUT2D eigenvalue weighted by molar-refractivity contribution is 6.05. The first-order valence-electron chi connectivity index (χ1n) is 7.08. The van der Waals surface area contributed by atoms with Crippen LogP contribution in [0.5, 0.6) is 0 Å². The number of amides is 1. The number of rotatable bonds is 2. The summed E-state index contributed by atoms with van der Waals surface area (Å²) in [6.07, 6.45) is 2.43. The van der Waals surface area contributed by atoms with Gasteiger partial charge in [-0.3, -0.25) is 9.48 Å². The van der Waals surface area contributed by atoms with Crippen molar-refractivity contribution in [1.29, 1.82) is 0 Å². The Bertz CT molecular complexity index is 695. The first-order chi connectivity index (χ1) is 9.58. The number of hydrogen-bond acceptors (Lipinski definition) is 3. The molecule has 104 valence electrons. The van der Waals surface area contributed by atoms with E-state index in [0.29, 0.717) is 24.7 Å². The number of nitrogens with two attached hydrogens (primary N) is 1. The van der Waals surface area contributed by atoms with Crippen LogP contribution in [0.25, 0.3) is 10.9 Å². The van der Waals surface area contributed by atoms with Crippen molar-refractivity contribution in [3.8, 4) is 0 Å². The highest BCUT2D eigenvalue weighted by Gasteiger charge is 2.52. The van der Waals surface area contributed by atoms with Crippen LogP contribution >= 0.6 is 0 Å². The SMILES string of the molecule is Cn1nc(C(=O)N2CC(N)(C3CC3)C2)c2ccccc21. The summed E-state index contributed by atoms with van der Waals surface area (Å²) in [5, 5.41) is 5.30. The molecule has 0 unspecified atom stereocenters. The number of aryl methyl sites for hydroxylation is 1. The largest absolute Gasteiger partial charge is 0.333 e. The monoisotopic (exact) mass is 270 g/mol. The quantitative estimate of drug-likeness (QED) is 0.890. The van der Waals surface area contributed by atoms with Crippen LogP contribution in [-0.4, -0.2) is 39.2 Å². The number of aromatic nitrogens is 2. The minimum atomic E-state index is -0.139. The number of hydrogen-bond donors (Lipinski definition) is 1. The van der Waals surface area contributed by atoms with Crippen molar-refractivity contribution in [2.45, 2.75) is 18.4 Å². The predicted octanol–water partition coefficient (Wildman–Crippen LogP) is 1.14. The Kier molecular flexibility index (Phi) is 2.27. The maximum absolute atomic E-state index is 12.6. The van der Waals surface area contributed by atoms with E-state index in [9.17, 15) is 4.79 Å². The normalized spacial score (nSPS) is 21.0. The summed E-state index contributed by atoms with van der Waals surface area (Å²) in [5.41, 5.74) is 7.70. The van der Waals surface area contributed by atoms with Crippen LogP contribution in [-0.2, 0) is 7.05 Å². The maximum Gasteiger partial charge on any atom is 0.275 e. The Balaban J connectivity index is 1.62. The molecular formula is C15H18N4O. The zero-order valence-corrected chi connectivity index (χ0v) is 11.5. The molecule has 2 aromatic rings. The van der Waals surface area contributed by atoms with E-state index < -0.39 is 0 Å². The van der Waals surface area contributed by atoms with Crippen molar-refractivity contribution in [3.05, 3.63) is 30.0 Å². The fourth-order valence-corrected chi connectivity index (χ4v) is 3.25. The summed E-state index contributed by atoms with van der Waals surface area (Å²) < 4.78 is 1.76. The zero-order chi connectivity index (χ0) is 13.9. The van der Waals surface area contributed by atoms with Crippen LogP contribution in [0.15, 0.2) is 24.3 Å². The van der Waals surface area contributed by atoms with Gasteiger partial charge in [-0.15, -0.1) is 0 Å². The van der Waals surface area contributed by atoms with Crippen LogP contribution in [0.1, 0.15) is 23.3 Å². The molecular weight excluding hydrogens is 252 g/mol. The fourth-order valence-electron chi connectivity index (χ4n) is 3.25. The van der Waals surface area contributed by atoms with E-state index in [4.69, 9.17) is 5.73 Å².